The number of piperazine rings is 1. The van der Waals surface area contributed by atoms with E-state index < -0.39 is 5.54 Å². The van der Waals surface area contributed by atoms with E-state index in [9.17, 15) is 4.79 Å². The van der Waals surface area contributed by atoms with Gasteiger partial charge in [0.15, 0.2) is 11.5 Å². The molecule has 1 aromatic carbocycles. The van der Waals surface area contributed by atoms with Gasteiger partial charge in [-0.2, -0.15) is 0 Å². The number of carbonyl (C=O) groups is 1. The Morgan fingerprint density at radius 1 is 1.16 bits per heavy atom. The summed E-state index contributed by atoms with van der Waals surface area (Å²) in [5.41, 5.74) is 0.192. The average molecular weight is 262 g/mol. The number of ether oxygens (including phenoxy) is 2. The van der Waals surface area contributed by atoms with Gasteiger partial charge >= 0.3 is 0 Å². The van der Waals surface area contributed by atoms with Crippen molar-refractivity contribution in [3.63, 3.8) is 0 Å². The second-order valence-electron chi connectivity index (χ2n) is 5.02. The van der Waals surface area contributed by atoms with Crippen LogP contribution in [-0.2, 0) is 10.3 Å². The highest BCUT2D eigenvalue weighted by atomic mass is 16.5. The topological polar surface area (TPSA) is 59.6 Å². The Kier molecular flexibility index (Phi) is 3.06. The minimum Gasteiger partial charge on any atom is -0.490 e. The van der Waals surface area contributed by atoms with Crippen molar-refractivity contribution in [2.75, 3.05) is 26.3 Å². The van der Waals surface area contributed by atoms with Crippen LogP contribution in [0.5, 0.6) is 11.5 Å². The number of carbonyl (C=O) groups excluding carboxylic acids is 1. The molecule has 2 heterocycles. The van der Waals surface area contributed by atoms with Crippen LogP contribution in [0.2, 0.25) is 0 Å². The van der Waals surface area contributed by atoms with Crippen LogP contribution in [0.1, 0.15) is 18.9 Å². The SMILES string of the molecule is CC1(c2ccc3c(c2)OCCCO3)NCCNC1=O. The number of hydrogen-bond acceptors (Lipinski definition) is 4. The van der Waals surface area contributed by atoms with Gasteiger partial charge in [-0.05, 0) is 24.6 Å². The maximum atomic E-state index is 12.1. The minimum absolute atomic E-state index is 0.00626. The summed E-state index contributed by atoms with van der Waals surface area (Å²) in [7, 11) is 0. The van der Waals surface area contributed by atoms with E-state index in [-0.39, 0.29) is 5.91 Å². The summed E-state index contributed by atoms with van der Waals surface area (Å²) >= 11 is 0. The number of fused-ring (bicyclic) bond motifs is 1. The molecule has 0 radical (unpaired) electrons. The van der Waals surface area contributed by atoms with Crippen LogP contribution < -0.4 is 20.1 Å². The molecule has 5 heteroatoms. The Bertz CT molecular complexity index is 503. The molecule has 1 atom stereocenters. The fraction of sp³-hybridized carbons (Fsp3) is 0.500. The largest absolute Gasteiger partial charge is 0.490 e. The molecule has 1 amide bonds. The van der Waals surface area contributed by atoms with Gasteiger partial charge in [-0.3, -0.25) is 10.1 Å². The molecule has 19 heavy (non-hydrogen) atoms. The summed E-state index contributed by atoms with van der Waals surface area (Å²) in [5.74, 6) is 1.46. The average Bonchev–Trinajstić information content (AvgIpc) is 2.66. The van der Waals surface area contributed by atoms with Crippen molar-refractivity contribution >= 4 is 5.91 Å². The quantitative estimate of drug-likeness (QED) is 0.785. The first-order chi connectivity index (χ1) is 9.20. The third kappa shape index (κ3) is 2.14. The zero-order chi connectivity index (χ0) is 13.3. The molecule has 0 aromatic heterocycles. The van der Waals surface area contributed by atoms with Crippen LogP contribution in [0.25, 0.3) is 0 Å². The fourth-order valence-electron chi connectivity index (χ4n) is 2.45. The molecule has 2 N–H and O–H groups in total. The van der Waals surface area contributed by atoms with Gasteiger partial charge in [0.05, 0.1) is 13.2 Å². The van der Waals surface area contributed by atoms with Crippen LogP contribution in [-0.4, -0.2) is 32.2 Å². The molecule has 1 fully saturated rings. The van der Waals surface area contributed by atoms with Crippen molar-refractivity contribution in [3.05, 3.63) is 23.8 Å². The van der Waals surface area contributed by atoms with Crippen molar-refractivity contribution in [2.24, 2.45) is 0 Å². The molecular formula is C14H18N2O3. The summed E-state index contributed by atoms with van der Waals surface area (Å²) in [6, 6.07) is 5.70. The molecular weight excluding hydrogens is 244 g/mol. The molecule has 3 rings (SSSR count). The lowest BCUT2D eigenvalue weighted by atomic mass is 9.89. The highest BCUT2D eigenvalue weighted by molar-refractivity contribution is 5.88. The Balaban J connectivity index is 1.97. The molecule has 1 aromatic rings. The standard InChI is InChI=1S/C14H18N2O3/c1-14(13(17)15-5-6-16-14)10-3-4-11-12(9-10)19-8-2-7-18-11/h3-4,9,16H,2,5-8H2,1H3,(H,15,17). The van der Waals surface area contributed by atoms with E-state index in [1.807, 2.05) is 25.1 Å². The summed E-state index contributed by atoms with van der Waals surface area (Å²) in [5, 5.41) is 6.17. The smallest absolute Gasteiger partial charge is 0.244 e. The van der Waals surface area contributed by atoms with Gasteiger partial charge in [0.25, 0.3) is 0 Å². The molecule has 2 aliphatic rings. The maximum absolute atomic E-state index is 12.1. The van der Waals surface area contributed by atoms with E-state index in [1.54, 1.807) is 0 Å². The van der Waals surface area contributed by atoms with E-state index in [2.05, 4.69) is 10.6 Å². The fourth-order valence-corrected chi connectivity index (χ4v) is 2.45. The van der Waals surface area contributed by atoms with Gasteiger partial charge in [-0.1, -0.05) is 6.07 Å². The van der Waals surface area contributed by atoms with Crippen LogP contribution >= 0.6 is 0 Å². The van der Waals surface area contributed by atoms with E-state index >= 15 is 0 Å². The van der Waals surface area contributed by atoms with Gasteiger partial charge in [0.1, 0.15) is 5.54 Å². The number of hydrogen-bond donors (Lipinski definition) is 2. The molecule has 1 unspecified atom stereocenters. The number of nitrogens with one attached hydrogen (secondary N) is 2. The lowest BCUT2D eigenvalue weighted by molar-refractivity contribution is -0.128. The van der Waals surface area contributed by atoms with Crippen molar-refractivity contribution in [1.82, 2.24) is 10.6 Å². The first kappa shape index (κ1) is 12.3. The number of benzene rings is 1. The van der Waals surface area contributed by atoms with Gasteiger partial charge in [-0.25, -0.2) is 0 Å². The third-order valence-electron chi connectivity index (χ3n) is 3.67. The molecule has 0 saturated carbocycles. The van der Waals surface area contributed by atoms with Gasteiger partial charge in [0.2, 0.25) is 5.91 Å². The first-order valence-corrected chi connectivity index (χ1v) is 6.63. The highest BCUT2D eigenvalue weighted by Gasteiger charge is 2.37. The maximum Gasteiger partial charge on any atom is 0.244 e. The third-order valence-corrected chi connectivity index (χ3v) is 3.67. The van der Waals surface area contributed by atoms with Crippen molar-refractivity contribution in [2.45, 2.75) is 18.9 Å². The Morgan fingerprint density at radius 2 is 1.95 bits per heavy atom. The Hall–Kier alpha value is -1.75. The van der Waals surface area contributed by atoms with Gasteiger partial charge in [0, 0.05) is 19.5 Å². The number of amides is 1. The van der Waals surface area contributed by atoms with Crippen LogP contribution in [0.3, 0.4) is 0 Å². The van der Waals surface area contributed by atoms with Crippen molar-refractivity contribution in [1.29, 1.82) is 0 Å². The molecule has 5 nitrogen and oxygen atoms in total. The molecule has 2 aliphatic heterocycles. The predicted molar refractivity (Wildman–Crippen MR) is 70.4 cm³/mol. The zero-order valence-electron chi connectivity index (χ0n) is 11.0. The lowest BCUT2D eigenvalue weighted by Crippen LogP contribution is -2.59. The lowest BCUT2D eigenvalue weighted by Gasteiger charge is -2.34. The van der Waals surface area contributed by atoms with Gasteiger partial charge < -0.3 is 14.8 Å². The van der Waals surface area contributed by atoms with E-state index in [0.717, 1.165) is 30.0 Å². The van der Waals surface area contributed by atoms with Crippen LogP contribution in [0, 0.1) is 0 Å². The molecule has 102 valence electrons. The molecule has 0 spiro atoms. The van der Waals surface area contributed by atoms with Crippen molar-refractivity contribution in [3.8, 4) is 11.5 Å². The summed E-state index contributed by atoms with van der Waals surface area (Å²) in [6.45, 7) is 4.63. The number of rotatable bonds is 1. The van der Waals surface area contributed by atoms with Crippen molar-refractivity contribution < 1.29 is 14.3 Å². The summed E-state index contributed by atoms with van der Waals surface area (Å²) in [6.07, 6.45) is 0.875. The Labute approximate surface area is 112 Å². The normalized spacial score (nSPS) is 26.5. The monoisotopic (exact) mass is 262 g/mol. The highest BCUT2D eigenvalue weighted by Crippen LogP contribution is 2.34. The van der Waals surface area contributed by atoms with Crippen LogP contribution in [0.4, 0.5) is 0 Å². The molecule has 0 aliphatic carbocycles. The second kappa shape index (κ2) is 4.74. The summed E-state index contributed by atoms with van der Waals surface area (Å²) < 4.78 is 11.3. The van der Waals surface area contributed by atoms with E-state index in [0.29, 0.717) is 19.8 Å². The van der Waals surface area contributed by atoms with Crippen LogP contribution in [0.15, 0.2) is 18.2 Å². The second-order valence-corrected chi connectivity index (χ2v) is 5.02. The van der Waals surface area contributed by atoms with E-state index in [1.165, 1.54) is 0 Å². The summed E-state index contributed by atoms with van der Waals surface area (Å²) in [4.78, 5) is 12.1. The van der Waals surface area contributed by atoms with E-state index in [4.69, 9.17) is 9.47 Å². The zero-order valence-corrected chi connectivity index (χ0v) is 11.0. The first-order valence-electron chi connectivity index (χ1n) is 6.63. The van der Waals surface area contributed by atoms with Gasteiger partial charge in [-0.15, -0.1) is 0 Å². The minimum atomic E-state index is -0.705. The molecule has 0 bridgehead atoms. The molecule has 1 saturated heterocycles. The predicted octanol–water partition coefficient (Wildman–Crippen LogP) is 0.782. The Morgan fingerprint density at radius 3 is 2.74 bits per heavy atom.